The number of ether oxygens (including phenoxy) is 3. The summed E-state index contributed by atoms with van der Waals surface area (Å²) in [6, 6.07) is 19.3. The van der Waals surface area contributed by atoms with Crippen LogP contribution in [0.5, 0.6) is 11.5 Å². The molecule has 2 heterocycles. The number of thiazole rings is 1. The number of hydrogen-bond donors (Lipinski definition) is 0. The molecule has 0 amide bonds. The van der Waals surface area contributed by atoms with Gasteiger partial charge in [-0.1, -0.05) is 53.3 Å². The van der Waals surface area contributed by atoms with Gasteiger partial charge in [-0.25, -0.2) is 9.79 Å². The molecule has 3 aromatic carbocycles. The van der Waals surface area contributed by atoms with Gasteiger partial charge in [0.2, 0.25) is 0 Å². The lowest BCUT2D eigenvalue weighted by molar-refractivity contribution is -0.139. The first-order valence-corrected chi connectivity index (χ1v) is 15.5. The first-order valence-electron chi connectivity index (χ1n) is 13.2. The zero-order chi connectivity index (χ0) is 30.7. The smallest absolute Gasteiger partial charge is 0.338 e. The number of esters is 1. The maximum atomic E-state index is 13.9. The van der Waals surface area contributed by atoms with E-state index in [0.717, 1.165) is 14.7 Å². The molecule has 4 aromatic rings. The number of nitriles is 1. The molecular weight excluding hydrogens is 701 g/mol. The van der Waals surface area contributed by atoms with Crippen LogP contribution in [-0.4, -0.2) is 24.3 Å². The van der Waals surface area contributed by atoms with E-state index in [2.05, 4.69) is 33.7 Å². The molecule has 0 unspecified atom stereocenters. The van der Waals surface area contributed by atoms with E-state index < -0.39 is 12.0 Å². The van der Waals surface area contributed by atoms with E-state index in [1.165, 1.54) is 15.9 Å². The normalized spacial score (nSPS) is 14.5. The summed E-state index contributed by atoms with van der Waals surface area (Å²) in [6.07, 6.45) is 1.77. The van der Waals surface area contributed by atoms with Gasteiger partial charge in [-0.15, -0.1) is 0 Å². The number of benzene rings is 3. The summed E-state index contributed by atoms with van der Waals surface area (Å²) in [5.74, 6) is 0.535. The highest BCUT2D eigenvalue weighted by Gasteiger charge is 2.34. The molecule has 1 aromatic heterocycles. The van der Waals surface area contributed by atoms with Crippen LogP contribution in [0, 0.1) is 14.9 Å². The molecule has 1 atom stereocenters. The van der Waals surface area contributed by atoms with Gasteiger partial charge in [0.25, 0.3) is 5.56 Å². The lowest BCUT2D eigenvalue weighted by Gasteiger charge is -2.25. The third kappa shape index (κ3) is 6.25. The Morgan fingerprint density at radius 2 is 1.95 bits per heavy atom. The summed E-state index contributed by atoms with van der Waals surface area (Å²) >= 11 is 9.99. The third-order valence-corrected chi connectivity index (χ3v) is 8.86. The van der Waals surface area contributed by atoms with Crippen LogP contribution in [0.4, 0.5) is 0 Å². The molecule has 43 heavy (non-hydrogen) atoms. The van der Waals surface area contributed by atoms with Gasteiger partial charge >= 0.3 is 5.97 Å². The number of rotatable bonds is 8. The number of fused-ring (bicyclic) bond motifs is 1. The molecule has 8 nitrogen and oxygen atoms in total. The number of allylic oxidation sites excluding steroid dienone is 1. The monoisotopic (exact) mass is 725 g/mol. The van der Waals surface area contributed by atoms with Crippen LogP contribution in [0.25, 0.3) is 6.08 Å². The molecule has 1 aliphatic heterocycles. The van der Waals surface area contributed by atoms with Crippen LogP contribution < -0.4 is 24.4 Å². The van der Waals surface area contributed by atoms with E-state index in [1.54, 1.807) is 63.4 Å². The number of hydrogen-bond acceptors (Lipinski definition) is 8. The van der Waals surface area contributed by atoms with Crippen molar-refractivity contribution in [1.82, 2.24) is 4.57 Å². The average molecular weight is 726 g/mol. The van der Waals surface area contributed by atoms with E-state index in [-0.39, 0.29) is 17.7 Å². The van der Waals surface area contributed by atoms with Crippen molar-refractivity contribution in [3.8, 4) is 17.6 Å². The molecule has 5 rings (SSSR count). The Morgan fingerprint density at radius 1 is 1.21 bits per heavy atom. The first kappa shape index (κ1) is 30.5. The molecule has 1 aliphatic rings. The van der Waals surface area contributed by atoms with Crippen LogP contribution in [0.3, 0.4) is 0 Å². The van der Waals surface area contributed by atoms with Crippen molar-refractivity contribution in [2.24, 2.45) is 4.99 Å². The van der Waals surface area contributed by atoms with Crippen molar-refractivity contribution in [2.45, 2.75) is 26.5 Å². The maximum Gasteiger partial charge on any atom is 0.338 e. The summed E-state index contributed by atoms with van der Waals surface area (Å²) in [5.41, 5.74) is 3.26. The van der Waals surface area contributed by atoms with E-state index in [1.807, 2.05) is 24.3 Å². The molecule has 0 saturated carbocycles. The van der Waals surface area contributed by atoms with Crippen LogP contribution in [0.2, 0.25) is 5.02 Å². The van der Waals surface area contributed by atoms with Crippen LogP contribution in [0.1, 0.15) is 42.1 Å². The number of methoxy groups -OCH3 is 1. The largest absolute Gasteiger partial charge is 0.493 e. The number of nitrogens with zero attached hydrogens (tertiary/aromatic N) is 3. The zero-order valence-corrected chi connectivity index (χ0v) is 27.1. The summed E-state index contributed by atoms with van der Waals surface area (Å²) in [5, 5.41) is 9.45. The molecule has 0 spiro atoms. The van der Waals surface area contributed by atoms with Gasteiger partial charge in [0, 0.05) is 5.02 Å². The molecule has 0 radical (unpaired) electrons. The Labute approximate surface area is 270 Å². The Kier molecular flexibility index (Phi) is 9.34. The predicted molar refractivity (Wildman–Crippen MR) is 173 cm³/mol. The summed E-state index contributed by atoms with van der Waals surface area (Å²) in [4.78, 5) is 32.1. The lowest BCUT2D eigenvalue weighted by atomic mass is 9.96. The van der Waals surface area contributed by atoms with Gasteiger partial charge in [-0.05, 0) is 89.5 Å². The fourth-order valence-corrected chi connectivity index (χ4v) is 6.79. The number of carbonyl (C=O) groups is 1. The highest BCUT2D eigenvalue weighted by atomic mass is 127. The molecular formula is C32H25ClIN3O5S. The standard InChI is InChI=1S/C32H25ClIN3O5S/c1-4-41-31(39)27-18(2)36-32-37(28(27)22-7-5-6-8-23(22)33)30(38)26(43-32)15-21-13-24(34)29(25(14-21)40-3)42-17-20-11-9-19(16-35)10-12-20/h5-15,28H,4,17H2,1-3H3/b26-15-/t28-/m0/s1. The van der Waals surface area contributed by atoms with Crippen molar-refractivity contribution in [3.63, 3.8) is 0 Å². The molecule has 0 fully saturated rings. The van der Waals surface area contributed by atoms with Crippen molar-refractivity contribution in [1.29, 1.82) is 5.26 Å². The van der Waals surface area contributed by atoms with Crippen LogP contribution in [0.15, 0.2) is 81.7 Å². The van der Waals surface area contributed by atoms with Crippen molar-refractivity contribution in [2.75, 3.05) is 13.7 Å². The van der Waals surface area contributed by atoms with Crippen LogP contribution in [-0.2, 0) is 16.1 Å². The summed E-state index contributed by atoms with van der Waals surface area (Å²) < 4.78 is 19.8. The Morgan fingerprint density at radius 3 is 2.63 bits per heavy atom. The fourth-order valence-electron chi connectivity index (χ4n) is 4.73. The van der Waals surface area contributed by atoms with Crippen LogP contribution >= 0.6 is 45.5 Å². The quantitative estimate of drug-likeness (QED) is 0.175. The molecule has 218 valence electrons. The lowest BCUT2D eigenvalue weighted by Crippen LogP contribution is -2.40. The maximum absolute atomic E-state index is 13.9. The second-order valence-electron chi connectivity index (χ2n) is 9.46. The van der Waals surface area contributed by atoms with E-state index in [4.69, 9.17) is 31.1 Å². The van der Waals surface area contributed by atoms with E-state index in [0.29, 0.717) is 49.3 Å². The highest BCUT2D eigenvalue weighted by Crippen LogP contribution is 2.36. The molecule has 0 saturated heterocycles. The second-order valence-corrected chi connectivity index (χ2v) is 12.0. The number of aromatic nitrogens is 1. The molecule has 0 bridgehead atoms. The summed E-state index contributed by atoms with van der Waals surface area (Å²) in [6.45, 7) is 3.94. The molecule has 0 aliphatic carbocycles. The van der Waals surface area contributed by atoms with Crippen molar-refractivity contribution < 1.29 is 19.0 Å². The minimum Gasteiger partial charge on any atom is -0.493 e. The number of carbonyl (C=O) groups excluding carboxylic acids is 1. The summed E-state index contributed by atoms with van der Waals surface area (Å²) in [7, 11) is 1.56. The second kappa shape index (κ2) is 13.2. The van der Waals surface area contributed by atoms with E-state index >= 15 is 0 Å². The molecule has 11 heteroatoms. The van der Waals surface area contributed by atoms with Gasteiger partial charge in [-0.2, -0.15) is 5.26 Å². The van der Waals surface area contributed by atoms with Crippen molar-refractivity contribution in [3.05, 3.63) is 122 Å². The topological polar surface area (TPSA) is 103 Å². The van der Waals surface area contributed by atoms with Crippen molar-refractivity contribution >= 4 is 57.6 Å². The Balaban J connectivity index is 1.56. The Hall–Kier alpha value is -3.92. The minimum absolute atomic E-state index is 0.183. The zero-order valence-electron chi connectivity index (χ0n) is 23.4. The van der Waals surface area contributed by atoms with Gasteiger partial charge in [0.1, 0.15) is 12.6 Å². The Bertz CT molecular complexity index is 1980. The highest BCUT2D eigenvalue weighted by molar-refractivity contribution is 14.1. The first-order chi connectivity index (χ1) is 20.7. The average Bonchev–Trinajstić information content (AvgIpc) is 3.30. The minimum atomic E-state index is -0.793. The SMILES string of the molecule is CCOC(=O)C1=C(C)N=c2s/c(=C\c3cc(I)c(OCc4ccc(C#N)cc4)c(OC)c3)c(=O)n2[C@H]1c1ccccc1Cl. The fraction of sp³-hybridized carbons (Fsp3) is 0.188. The van der Waals surface area contributed by atoms with E-state index in [9.17, 15) is 9.59 Å². The number of halogens is 2. The van der Waals surface area contributed by atoms with Gasteiger partial charge in [0.15, 0.2) is 16.3 Å². The molecule has 0 N–H and O–H groups in total. The van der Waals surface area contributed by atoms with Gasteiger partial charge < -0.3 is 14.2 Å². The van der Waals surface area contributed by atoms with Gasteiger partial charge in [0.05, 0.1) is 44.7 Å². The van der Waals surface area contributed by atoms with Gasteiger partial charge in [-0.3, -0.25) is 9.36 Å². The third-order valence-electron chi connectivity index (χ3n) is 6.73. The predicted octanol–water partition coefficient (Wildman–Crippen LogP) is 5.52.